The smallest absolute Gasteiger partial charge is 0.245 e. The number of anilines is 1. The van der Waals surface area contributed by atoms with E-state index in [1.165, 1.54) is 17.7 Å². The molecule has 1 aromatic rings. The summed E-state index contributed by atoms with van der Waals surface area (Å²) < 4.78 is 0. The molecule has 102 valence electrons. The average molecular weight is 280 g/mol. The summed E-state index contributed by atoms with van der Waals surface area (Å²) >= 11 is 1.57. The summed E-state index contributed by atoms with van der Waals surface area (Å²) in [6.45, 7) is 0.516. The normalized spacial score (nSPS) is 22.5. The molecule has 0 aromatic carbocycles. The van der Waals surface area contributed by atoms with Crippen LogP contribution in [0.5, 0.6) is 0 Å². The molecule has 19 heavy (non-hydrogen) atoms. The first kappa shape index (κ1) is 12.6. The van der Waals surface area contributed by atoms with Gasteiger partial charge in [0.15, 0.2) is 5.13 Å². The fraction of sp³-hybridized carbons (Fsp3) is 0.583. The van der Waals surface area contributed by atoms with E-state index >= 15 is 0 Å². The minimum Gasteiger partial charge on any atom is -0.353 e. The van der Waals surface area contributed by atoms with Crippen LogP contribution in [-0.2, 0) is 22.4 Å². The molecule has 3 rings (SSSR count). The average Bonchev–Trinajstić information content (AvgIpc) is 2.81. The Balaban J connectivity index is 1.63. The zero-order chi connectivity index (χ0) is 13.2. The van der Waals surface area contributed by atoms with Gasteiger partial charge in [-0.05, 0) is 25.7 Å². The maximum atomic E-state index is 12.0. The second kappa shape index (κ2) is 5.26. The van der Waals surface area contributed by atoms with Crippen LogP contribution in [0, 0.1) is 0 Å². The molecule has 1 unspecified atom stereocenters. The van der Waals surface area contributed by atoms with Crippen LogP contribution in [0.3, 0.4) is 0 Å². The number of hydrogen-bond acceptors (Lipinski definition) is 5. The van der Waals surface area contributed by atoms with Crippen LogP contribution in [0.4, 0.5) is 5.13 Å². The van der Waals surface area contributed by atoms with Crippen LogP contribution >= 0.6 is 11.3 Å². The van der Waals surface area contributed by atoms with Crippen LogP contribution in [0.2, 0.25) is 0 Å². The number of aromatic nitrogens is 1. The largest absolute Gasteiger partial charge is 0.353 e. The van der Waals surface area contributed by atoms with Gasteiger partial charge in [0.05, 0.1) is 12.2 Å². The van der Waals surface area contributed by atoms with E-state index in [1.807, 2.05) is 0 Å². The number of hydrogen-bond donors (Lipinski definition) is 3. The van der Waals surface area contributed by atoms with E-state index in [2.05, 4.69) is 20.9 Å². The van der Waals surface area contributed by atoms with Crippen molar-refractivity contribution in [3.63, 3.8) is 0 Å². The van der Waals surface area contributed by atoms with E-state index in [4.69, 9.17) is 0 Å². The van der Waals surface area contributed by atoms with Crippen molar-refractivity contribution in [3.05, 3.63) is 10.6 Å². The summed E-state index contributed by atoms with van der Waals surface area (Å²) in [4.78, 5) is 28.8. The number of thiazole rings is 1. The minimum absolute atomic E-state index is 0.0752. The Hall–Kier alpha value is -1.47. The van der Waals surface area contributed by atoms with Crippen LogP contribution in [-0.4, -0.2) is 35.9 Å². The van der Waals surface area contributed by atoms with Crippen molar-refractivity contribution in [2.75, 3.05) is 18.4 Å². The topological polar surface area (TPSA) is 83.1 Å². The molecule has 2 amide bonds. The molecule has 2 aliphatic rings. The molecule has 1 atom stereocenters. The summed E-state index contributed by atoms with van der Waals surface area (Å²) in [5, 5.41) is 9.09. The monoisotopic (exact) mass is 280 g/mol. The van der Waals surface area contributed by atoms with Gasteiger partial charge in [-0.25, -0.2) is 4.98 Å². The molecule has 0 saturated carbocycles. The van der Waals surface area contributed by atoms with Gasteiger partial charge in [0, 0.05) is 11.4 Å². The first-order chi connectivity index (χ1) is 9.22. The van der Waals surface area contributed by atoms with Gasteiger partial charge >= 0.3 is 0 Å². The Bertz CT molecular complexity index is 480. The van der Waals surface area contributed by atoms with Gasteiger partial charge in [-0.1, -0.05) is 0 Å². The Morgan fingerprint density at radius 2 is 2.21 bits per heavy atom. The van der Waals surface area contributed by atoms with Crippen molar-refractivity contribution in [2.24, 2.45) is 0 Å². The Morgan fingerprint density at radius 3 is 2.95 bits per heavy atom. The highest BCUT2D eigenvalue weighted by molar-refractivity contribution is 7.15. The predicted octanol–water partition coefficient (Wildman–Crippen LogP) is 0.0484. The third-order valence-electron chi connectivity index (χ3n) is 3.40. The van der Waals surface area contributed by atoms with Gasteiger partial charge in [0.2, 0.25) is 11.8 Å². The van der Waals surface area contributed by atoms with E-state index in [0.717, 1.165) is 18.5 Å². The second-order valence-electron chi connectivity index (χ2n) is 4.82. The summed E-state index contributed by atoms with van der Waals surface area (Å²) in [7, 11) is 0. The molecule has 2 heterocycles. The SMILES string of the molecule is O=C1CNC(C(=O)Nc2nc3c(s2)CCCC3)CN1. The van der Waals surface area contributed by atoms with Crippen LogP contribution in [0.25, 0.3) is 0 Å². The fourth-order valence-electron chi connectivity index (χ4n) is 2.35. The first-order valence-corrected chi connectivity index (χ1v) is 7.33. The van der Waals surface area contributed by atoms with Crippen molar-refractivity contribution < 1.29 is 9.59 Å². The Morgan fingerprint density at radius 1 is 1.37 bits per heavy atom. The van der Waals surface area contributed by atoms with Gasteiger partial charge in [0.1, 0.15) is 6.04 Å². The number of piperazine rings is 1. The lowest BCUT2D eigenvalue weighted by Crippen LogP contribution is -2.56. The molecule has 1 aliphatic carbocycles. The van der Waals surface area contributed by atoms with E-state index in [0.29, 0.717) is 11.7 Å². The highest BCUT2D eigenvalue weighted by atomic mass is 32.1. The molecule has 1 aliphatic heterocycles. The minimum atomic E-state index is -0.376. The lowest BCUT2D eigenvalue weighted by Gasteiger charge is -2.22. The van der Waals surface area contributed by atoms with Gasteiger partial charge in [-0.15, -0.1) is 11.3 Å². The van der Waals surface area contributed by atoms with E-state index in [1.54, 1.807) is 11.3 Å². The van der Waals surface area contributed by atoms with E-state index in [-0.39, 0.29) is 24.4 Å². The number of amides is 2. The maximum absolute atomic E-state index is 12.0. The predicted molar refractivity (Wildman–Crippen MR) is 72.2 cm³/mol. The first-order valence-electron chi connectivity index (χ1n) is 6.52. The maximum Gasteiger partial charge on any atom is 0.245 e. The molecular weight excluding hydrogens is 264 g/mol. The zero-order valence-electron chi connectivity index (χ0n) is 10.5. The van der Waals surface area contributed by atoms with Crippen molar-refractivity contribution in [3.8, 4) is 0 Å². The van der Waals surface area contributed by atoms with Crippen LogP contribution < -0.4 is 16.0 Å². The number of aryl methyl sites for hydroxylation is 2. The Kier molecular flexibility index (Phi) is 3.48. The van der Waals surface area contributed by atoms with Gasteiger partial charge < -0.3 is 10.6 Å². The molecule has 0 bridgehead atoms. The Labute approximate surface area is 115 Å². The summed E-state index contributed by atoms with van der Waals surface area (Å²) in [5.41, 5.74) is 1.14. The fourth-order valence-corrected chi connectivity index (χ4v) is 3.40. The van der Waals surface area contributed by atoms with E-state index in [9.17, 15) is 9.59 Å². The molecular formula is C12H16N4O2S. The number of carbonyl (C=O) groups is 2. The van der Waals surface area contributed by atoms with Gasteiger partial charge in [-0.3, -0.25) is 14.9 Å². The third kappa shape index (κ3) is 2.76. The molecule has 3 N–H and O–H groups in total. The number of rotatable bonds is 2. The van der Waals surface area contributed by atoms with Gasteiger partial charge in [0.25, 0.3) is 0 Å². The summed E-state index contributed by atoms with van der Waals surface area (Å²) in [5.74, 6) is -0.208. The van der Waals surface area contributed by atoms with E-state index < -0.39 is 0 Å². The van der Waals surface area contributed by atoms with Crippen LogP contribution in [0.1, 0.15) is 23.4 Å². The van der Waals surface area contributed by atoms with Crippen molar-refractivity contribution in [1.29, 1.82) is 0 Å². The molecule has 6 nitrogen and oxygen atoms in total. The second-order valence-corrected chi connectivity index (χ2v) is 5.91. The molecule has 1 fully saturated rings. The molecule has 1 aromatic heterocycles. The molecule has 0 radical (unpaired) electrons. The van der Waals surface area contributed by atoms with Gasteiger partial charge in [-0.2, -0.15) is 0 Å². The summed E-state index contributed by atoms with van der Waals surface area (Å²) in [6, 6.07) is -0.376. The van der Waals surface area contributed by atoms with Crippen molar-refractivity contribution in [2.45, 2.75) is 31.7 Å². The lowest BCUT2D eigenvalue weighted by molar-refractivity contribution is -0.124. The number of nitrogens with one attached hydrogen (secondary N) is 3. The molecule has 7 heteroatoms. The number of fused-ring (bicyclic) bond motifs is 1. The van der Waals surface area contributed by atoms with Crippen molar-refractivity contribution in [1.82, 2.24) is 15.6 Å². The molecule has 1 saturated heterocycles. The third-order valence-corrected chi connectivity index (χ3v) is 4.48. The number of carbonyl (C=O) groups excluding carboxylic acids is 2. The molecule has 0 spiro atoms. The number of nitrogens with zero attached hydrogens (tertiary/aromatic N) is 1. The zero-order valence-corrected chi connectivity index (χ0v) is 11.3. The standard InChI is InChI=1S/C12H16N4O2S/c17-10-6-13-8(5-14-10)11(18)16-12-15-7-3-1-2-4-9(7)19-12/h8,13H,1-6H2,(H,14,17)(H,15,16,18). The lowest BCUT2D eigenvalue weighted by atomic mass is 10.0. The highest BCUT2D eigenvalue weighted by Gasteiger charge is 2.25. The quantitative estimate of drug-likeness (QED) is 0.715. The highest BCUT2D eigenvalue weighted by Crippen LogP contribution is 2.29. The van der Waals surface area contributed by atoms with Crippen molar-refractivity contribution >= 4 is 28.3 Å². The van der Waals surface area contributed by atoms with Crippen LogP contribution in [0.15, 0.2) is 0 Å². The summed E-state index contributed by atoms with van der Waals surface area (Å²) in [6.07, 6.45) is 4.47.